The minimum Gasteiger partial charge on any atom is -0.346 e. The van der Waals surface area contributed by atoms with Crippen LogP contribution in [0.25, 0.3) is 10.9 Å². The first-order chi connectivity index (χ1) is 14.2. The summed E-state index contributed by atoms with van der Waals surface area (Å²) in [5, 5.41) is 3.80. The normalized spacial score (nSPS) is 17.2. The molecule has 1 saturated heterocycles. The Bertz CT molecular complexity index is 943. The Balaban J connectivity index is 1.75. The van der Waals surface area contributed by atoms with Crippen molar-refractivity contribution in [1.29, 1.82) is 0 Å². The number of nitrogens with zero attached hydrogens (tertiary/aromatic N) is 2. The van der Waals surface area contributed by atoms with E-state index in [1.54, 1.807) is 18.2 Å². The van der Waals surface area contributed by atoms with Gasteiger partial charge in [0.15, 0.2) is 0 Å². The number of para-hydroxylation sites is 1. The quantitative estimate of drug-likeness (QED) is 0.701. The predicted octanol–water partition coefficient (Wildman–Crippen LogP) is 5.25. The van der Waals surface area contributed by atoms with Gasteiger partial charge in [-0.1, -0.05) is 26.0 Å². The number of likely N-dealkylation sites (tertiary alicyclic amines) is 1. The van der Waals surface area contributed by atoms with Gasteiger partial charge >= 0.3 is 0 Å². The molecule has 6 heteroatoms. The maximum Gasteiger partial charge on any atom is 0.253 e. The van der Waals surface area contributed by atoms with E-state index in [9.17, 15) is 13.6 Å². The molecule has 0 radical (unpaired) electrons. The van der Waals surface area contributed by atoms with Gasteiger partial charge < -0.3 is 10.2 Å². The van der Waals surface area contributed by atoms with Crippen LogP contribution in [0, 0.1) is 11.7 Å². The van der Waals surface area contributed by atoms with Gasteiger partial charge in [-0.15, -0.1) is 0 Å². The second-order valence-electron chi connectivity index (χ2n) is 9.06. The number of hydrogen-bond acceptors (Lipinski definition) is 3. The van der Waals surface area contributed by atoms with Crippen molar-refractivity contribution < 1.29 is 13.6 Å². The Labute approximate surface area is 177 Å². The summed E-state index contributed by atoms with van der Waals surface area (Å²) in [4.78, 5) is 19.5. The largest absolute Gasteiger partial charge is 0.346 e. The zero-order chi connectivity index (χ0) is 21.9. The SMILES string of the molecule is CC(F)=C1CCN(CC(C)(CC(C)C)NC(=O)c2cnc3c(F)cccc3c2)CC1. The van der Waals surface area contributed by atoms with Crippen LogP contribution in [0.3, 0.4) is 0 Å². The molecule has 1 aromatic carbocycles. The lowest BCUT2D eigenvalue weighted by Gasteiger charge is -2.39. The van der Waals surface area contributed by atoms with E-state index in [-0.39, 0.29) is 17.3 Å². The Morgan fingerprint density at radius 2 is 2.00 bits per heavy atom. The number of pyridine rings is 1. The second kappa shape index (κ2) is 9.21. The lowest BCUT2D eigenvalue weighted by atomic mass is 9.88. The van der Waals surface area contributed by atoms with Gasteiger partial charge in [-0.2, -0.15) is 0 Å². The fourth-order valence-corrected chi connectivity index (χ4v) is 4.47. The monoisotopic (exact) mass is 415 g/mol. The summed E-state index contributed by atoms with van der Waals surface area (Å²) in [5.41, 5.74) is 1.14. The fraction of sp³-hybridized carbons (Fsp3) is 0.500. The number of benzene rings is 1. The van der Waals surface area contributed by atoms with Crippen LogP contribution in [0.5, 0.6) is 0 Å². The van der Waals surface area contributed by atoms with Crippen molar-refractivity contribution in [1.82, 2.24) is 15.2 Å². The maximum absolute atomic E-state index is 13.9. The lowest BCUT2D eigenvalue weighted by Crippen LogP contribution is -2.55. The number of rotatable bonds is 6. The number of fused-ring (bicyclic) bond motifs is 1. The van der Waals surface area contributed by atoms with Crippen LogP contribution in [0.1, 0.15) is 57.3 Å². The Hall–Kier alpha value is -2.34. The first-order valence-electron chi connectivity index (χ1n) is 10.6. The molecule has 2 heterocycles. The number of hydrogen-bond donors (Lipinski definition) is 1. The van der Waals surface area contributed by atoms with Gasteiger partial charge in [0.25, 0.3) is 5.91 Å². The molecule has 3 rings (SSSR count). The van der Waals surface area contributed by atoms with Crippen molar-refractivity contribution >= 4 is 16.8 Å². The van der Waals surface area contributed by atoms with E-state index in [1.165, 1.54) is 19.2 Å². The molecule has 162 valence electrons. The van der Waals surface area contributed by atoms with Crippen LogP contribution in [-0.4, -0.2) is 41.0 Å². The Kier molecular flexibility index (Phi) is 6.86. The molecule has 2 aromatic rings. The smallest absolute Gasteiger partial charge is 0.253 e. The number of piperidine rings is 1. The van der Waals surface area contributed by atoms with E-state index in [1.807, 2.05) is 0 Å². The highest BCUT2D eigenvalue weighted by Gasteiger charge is 2.31. The van der Waals surface area contributed by atoms with Crippen molar-refractivity contribution in [2.45, 2.75) is 52.5 Å². The molecule has 1 aliphatic rings. The fourth-order valence-electron chi connectivity index (χ4n) is 4.47. The van der Waals surface area contributed by atoms with E-state index in [0.717, 1.165) is 37.9 Å². The second-order valence-corrected chi connectivity index (χ2v) is 9.06. The van der Waals surface area contributed by atoms with Crippen molar-refractivity contribution in [3.8, 4) is 0 Å². The average molecular weight is 416 g/mol. The van der Waals surface area contributed by atoms with Crippen LogP contribution in [-0.2, 0) is 0 Å². The van der Waals surface area contributed by atoms with Crippen molar-refractivity contribution in [2.75, 3.05) is 19.6 Å². The highest BCUT2D eigenvalue weighted by atomic mass is 19.1. The molecular weight excluding hydrogens is 384 g/mol. The molecule has 1 N–H and O–H groups in total. The molecule has 4 nitrogen and oxygen atoms in total. The topological polar surface area (TPSA) is 45.2 Å². The number of aromatic nitrogens is 1. The molecule has 0 bridgehead atoms. The molecule has 1 unspecified atom stereocenters. The maximum atomic E-state index is 13.9. The zero-order valence-electron chi connectivity index (χ0n) is 18.3. The molecule has 0 spiro atoms. The highest BCUT2D eigenvalue weighted by Crippen LogP contribution is 2.25. The number of nitrogens with one attached hydrogen (secondary N) is 1. The van der Waals surface area contributed by atoms with E-state index in [4.69, 9.17) is 0 Å². The summed E-state index contributed by atoms with van der Waals surface area (Å²) in [5.74, 6) is -0.277. The molecule has 1 fully saturated rings. The summed E-state index contributed by atoms with van der Waals surface area (Å²) in [6.45, 7) is 10.1. The van der Waals surface area contributed by atoms with E-state index in [0.29, 0.717) is 23.4 Å². The molecular formula is C24H31F2N3O. The summed E-state index contributed by atoms with van der Waals surface area (Å²) in [6.07, 6.45) is 3.70. The first-order valence-corrected chi connectivity index (χ1v) is 10.6. The van der Waals surface area contributed by atoms with Crippen LogP contribution >= 0.6 is 0 Å². The number of amides is 1. The molecule has 1 aromatic heterocycles. The minimum absolute atomic E-state index is 0.0619. The zero-order valence-corrected chi connectivity index (χ0v) is 18.3. The van der Waals surface area contributed by atoms with Crippen LogP contribution in [0.2, 0.25) is 0 Å². The van der Waals surface area contributed by atoms with Gasteiger partial charge in [0.2, 0.25) is 0 Å². The third-order valence-electron chi connectivity index (χ3n) is 5.72. The first kappa shape index (κ1) is 22.3. The van der Waals surface area contributed by atoms with Crippen molar-refractivity contribution in [3.63, 3.8) is 0 Å². The van der Waals surface area contributed by atoms with Gasteiger partial charge in [0.1, 0.15) is 11.3 Å². The predicted molar refractivity (Wildman–Crippen MR) is 117 cm³/mol. The molecule has 1 aliphatic heterocycles. The van der Waals surface area contributed by atoms with E-state index < -0.39 is 11.4 Å². The molecule has 1 atom stereocenters. The summed E-state index contributed by atoms with van der Waals surface area (Å²) in [7, 11) is 0. The number of halogens is 2. The standard InChI is InChI=1S/C24H31F2N3O/c1-16(2)13-24(4,15-29-10-8-18(9-11-29)17(3)25)28-23(30)20-12-19-6-5-7-21(26)22(19)27-14-20/h5-7,12,14,16H,8-11,13,15H2,1-4H3,(H,28,30). The van der Waals surface area contributed by atoms with Gasteiger partial charge in [-0.05, 0) is 56.7 Å². The molecule has 0 aliphatic carbocycles. The summed E-state index contributed by atoms with van der Waals surface area (Å²) < 4.78 is 27.4. The van der Waals surface area contributed by atoms with Gasteiger partial charge in [-0.25, -0.2) is 8.78 Å². The number of carbonyl (C=O) groups is 1. The van der Waals surface area contributed by atoms with Crippen molar-refractivity contribution in [2.24, 2.45) is 5.92 Å². The van der Waals surface area contributed by atoms with Gasteiger partial charge in [0, 0.05) is 31.2 Å². The van der Waals surface area contributed by atoms with Gasteiger partial charge in [0.05, 0.1) is 16.9 Å². The van der Waals surface area contributed by atoms with Gasteiger partial charge in [-0.3, -0.25) is 9.78 Å². The van der Waals surface area contributed by atoms with E-state index >= 15 is 0 Å². The number of carbonyl (C=O) groups excluding carboxylic acids is 1. The lowest BCUT2D eigenvalue weighted by molar-refractivity contribution is 0.0847. The molecule has 30 heavy (non-hydrogen) atoms. The molecule has 0 saturated carbocycles. The average Bonchev–Trinajstić information content (AvgIpc) is 2.67. The Morgan fingerprint density at radius 3 is 2.63 bits per heavy atom. The number of allylic oxidation sites excluding steroid dienone is 1. The molecule has 1 amide bonds. The Morgan fingerprint density at radius 1 is 1.30 bits per heavy atom. The third kappa shape index (κ3) is 5.42. The highest BCUT2D eigenvalue weighted by molar-refractivity contribution is 5.97. The minimum atomic E-state index is -0.436. The van der Waals surface area contributed by atoms with Crippen LogP contribution in [0.4, 0.5) is 8.78 Å². The van der Waals surface area contributed by atoms with Crippen LogP contribution < -0.4 is 5.32 Å². The summed E-state index contributed by atoms with van der Waals surface area (Å²) in [6, 6.07) is 6.40. The van der Waals surface area contributed by atoms with E-state index in [2.05, 4.69) is 36.0 Å². The summed E-state index contributed by atoms with van der Waals surface area (Å²) >= 11 is 0. The van der Waals surface area contributed by atoms with Crippen molar-refractivity contribution in [3.05, 3.63) is 53.2 Å². The van der Waals surface area contributed by atoms with Crippen LogP contribution in [0.15, 0.2) is 41.9 Å². The third-order valence-corrected chi connectivity index (χ3v) is 5.72.